The van der Waals surface area contributed by atoms with Gasteiger partial charge in [-0.05, 0) is 18.3 Å². The van der Waals surface area contributed by atoms with Crippen molar-refractivity contribution in [2.75, 3.05) is 24.7 Å². The molecule has 0 aromatic carbocycles. The SMILES string of the molecule is O=S1(=O)CC(C2(C3COS(=O)(=O)C3)CC2)CO1. The third kappa shape index (κ3) is 2.00. The van der Waals surface area contributed by atoms with Gasteiger partial charge in [-0.25, -0.2) is 0 Å². The van der Waals surface area contributed by atoms with Crippen molar-refractivity contribution in [1.82, 2.24) is 0 Å². The second kappa shape index (κ2) is 3.43. The fraction of sp³-hybridized carbons (Fsp3) is 1.00. The van der Waals surface area contributed by atoms with Crippen molar-refractivity contribution in [3.63, 3.8) is 0 Å². The molecule has 0 aromatic rings. The van der Waals surface area contributed by atoms with E-state index in [1.54, 1.807) is 0 Å². The van der Waals surface area contributed by atoms with Crippen LogP contribution in [0.15, 0.2) is 0 Å². The Balaban J connectivity index is 1.80. The Bertz CT molecular complexity index is 484. The van der Waals surface area contributed by atoms with Crippen LogP contribution in [0.1, 0.15) is 12.8 Å². The van der Waals surface area contributed by atoms with Crippen LogP contribution in [0.3, 0.4) is 0 Å². The van der Waals surface area contributed by atoms with E-state index in [1.807, 2.05) is 0 Å². The normalized spacial score (nSPS) is 41.4. The van der Waals surface area contributed by atoms with E-state index < -0.39 is 20.2 Å². The molecule has 0 aromatic heterocycles. The van der Waals surface area contributed by atoms with Crippen molar-refractivity contribution in [3.05, 3.63) is 0 Å². The maximum atomic E-state index is 11.3. The first-order valence-electron chi connectivity index (χ1n) is 5.57. The molecule has 3 fully saturated rings. The molecule has 3 rings (SSSR count). The fourth-order valence-corrected chi connectivity index (χ4v) is 5.79. The van der Waals surface area contributed by atoms with Gasteiger partial charge in [0.15, 0.2) is 0 Å². The van der Waals surface area contributed by atoms with E-state index in [1.165, 1.54) is 0 Å². The Hall–Kier alpha value is -0.180. The van der Waals surface area contributed by atoms with Gasteiger partial charge in [0.25, 0.3) is 20.2 Å². The monoisotopic (exact) mass is 282 g/mol. The third-order valence-corrected chi connectivity index (χ3v) is 6.77. The van der Waals surface area contributed by atoms with Gasteiger partial charge in [-0.1, -0.05) is 0 Å². The highest BCUT2D eigenvalue weighted by Gasteiger charge is 2.60. The molecule has 2 atom stereocenters. The van der Waals surface area contributed by atoms with Crippen LogP contribution >= 0.6 is 0 Å². The van der Waals surface area contributed by atoms with Gasteiger partial charge in [-0.3, -0.25) is 8.37 Å². The first-order valence-corrected chi connectivity index (χ1v) is 8.73. The summed E-state index contributed by atoms with van der Waals surface area (Å²) in [6, 6.07) is 0. The molecule has 0 radical (unpaired) electrons. The van der Waals surface area contributed by atoms with E-state index in [2.05, 4.69) is 0 Å². The maximum Gasteiger partial charge on any atom is 0.267 e. The molecule has 2 unspecified atom stereocenters. The topological polar surface area (TPSA) is 86.7 Å². The van der Waals surface area contributed by atoms with Gasteiger partial charge >= 0.3 is 0 Å². The zero-order valence-corrected chi connectivity index (χ0v) is 10.8. The van der Waals surface area contributed by atoms with Crippen LogP contribution in [0.4, 0.5) is 0 Å². The Morgan fingerprint density at radius 1 is 0.824 bits per heavy atom. The van der Waals surface area contributed by atoms with E-state index >= 15 is 0 Å². The predicted octanol–water partition coefficient (Wildman–Crippen LogP) is -0.281. The lowest BCUT2D eigenvalue weighted by Gasteiger charge is -2.25. The van der Waals surface area contributed by atoms with Crippen molar-refractivity contribution in [1.29, 1.82) is 0 Å². The summed E-state index contributed by atoms with van der Waals surface area (Å²) in [4.78, 5) is 0. The molecule has 1 aliphatic carbocycles. The van der Waals surface area contributed by atoms with E-state index in [4.69, 9.17) is 8.37 Å². The summed E-state index contributed by atoms with van der Waals surface area (Å²) in [5.74, 6) is -0.114. The number of hydrogen-bond acceptors (Lipinski definition) is 6. The van der Waals surface area contributed by atoms with Gasteiger partial charge in [-0.2, -0.15) is 16.8 Å². The molecular weight excluding hydrogens is 268 g/mol. The minimum absolute atomic E-state index is 0.0174. The maximum absolute atomic E-state index is 11.3. The minimum Gasteiger partial charge on any atom is -0.270 e. The molecule has 0 N–H and O–H groups in total. The summed E-state index contributed by atoms with van der Waals surface area (Å²) >= 11 is 0. The molecule has 3 aliphatic rings. The Kier molecular flexibility index (Phi) is 2.40. The van der Waals surface area contributed by atoms with E-state index in [9.17, 15) is 16.8 Å². The first-order chi connectivity index (χ1) is 7.83. The third-order valence-electron chi connectivity index (χ3n) is 4.16. The lowest BCUT2D eigenvalue weighted by molar-refractivity contribution is 0.161. The van der Waals surface area contributed by atoms with Crippen molar-refractivity contribution < 1.29 is 25.2 Å². The van der Waals surface area contributed by atoms with Gasteiger partial charge in [0.2, 0.25) is 0 Å². The zero-order valence-electron chi connectivity index (χ0n) is 9.16. The van der Waals surface area contributed by atoms with E-state index in [0.29, 0.717) is 0 Å². The molecule has 0 spiro atoms. The summed E-state index contributed by atoms with van der Waals surface area (Å²) in [6.45, 7) is 0.387. The average molecular weight is 282 g/mol. The van der Waals surface area contributed by atoms with Gasteiger partial charge in [-0.15, -0.1) is 0 Å². The van der Waals surface area contributed by atoms with Crippen LogP contribution in [0, 0.1) is 17.3 Å². The summed E-state index contributed by atoms with van der Waals surface area (Å²) in [6.07, 6.45) is 1.75. The van der Waals surface area contributed by atoms with E-state index in [0.717, 1.165) is 12.8 Å². The van der Waals surface area contributed by atoms with Crippen LogP contribution in [0.5, 0.6) is 0 Å². The smallest absolute Gasteiger partial charge is 0.267 e. The summed E-state index contributed by atoms with van der Waals surface area (Å²) < 4.78 is 54.7. The quantitative estimate of drug-likeness (QED) is 0.647. The van der Waals surface area contributed by atoms with Crippen LogP contribution in [0.25, 0.3) is 0 Å². The largest absolute Gasteiger partial charge is 0.270 e. The van der Waals surface area contributed by atoms with Gasteiger partial charge < -0.3 is 0 Å². The predicted molar refractivity (Wildman–Crippen MR) is 58.1 cm³/mol. The van der Waals surface area contributed by atoms with Crippen LogP contribution in [-0.2, 0) is 28.6 Å². The molecule has 98 valence electrons. The molecular formula is C9H14O6S2. The van der Waals surface area contributed by atoms with Crippen LogP contribution in [0.2, 0.25) is 0 Å². The molecule has 8 heteroatoms. The molecule has 6 nitrogen and oxygen atoms in total. The summed E-state index contributed by atoms with van der Waals surface area (Å²) in [5.41, 5.74) is -0.187. The highest BCUT2D eigenvalue weighted by atomic mass is 32.2. The Labute approximate surface area is 101 Å². The molecule has 2 heterocycles. The summed E-state index contributed by atoms with van der Waals surface area (Å²) in [7, 11) is -6.77. The number of rotatable bonds is 2. The first kappa shape index (κ1) is 11.9. The van der Waals surface area contributed by atoms with Gasteiger partial charge in [0, 0.05) is 11.8 Å². The van der Waals surface area contributed by atoms with Crippen molar-refractivity contribution in [2.45, 2.75) is 12.8 Å². The Morgan fingerprint density at radius 2 is 1.24 bits per heavy atom. The highest BCUT2D eigenvalue weighted by molar-refractivity contribution is 7.87. The van der Waals surface area contributed by atoms with Crippen LogP contribution in [-0.4, -0.2) is 41.6 Å². The molecule has 0 bridgehead atoms. The van der Waals surface area contributed by atoms with Gasteiger partial charge in [0.05, 0.1) is 24.7 Å². The number of hydrogen-bond donors (Lipinski definition) is 0. The lowest BCUT2D eigenvalue weighted by atomic mass is 9.80. The van der Waals surface area contributed by atoms with Crippen molar-refractivity contribution in [3.8, 4) is 0 Å². The van der Waals surface area contributed by atoms with Crippen LogP contribution < -0.4 is 0 Å². The molecule has 2 saturated heterocycles. The molecule has 2 aliphatic heterocycles. The standard InChI is InChI=1S/C9H14O6S2/c10-16(11)5-7(3-14-16)9(1-2-9)8-4-15-17(12,13)6-8/h7-8H,1-6H2. The summed E-state index contributed by atoms with van der Waals surface area (Å²) in [5, 5.41) is 0. The zero-order chi connectivity index (χ0) is 12.3. The lowest BCUT2D eigenvalue weighted by Crippen LogP contribution is -2.30. The molecule has 1 saturated carbocycles. The molecule has 17 heavy (non-hydrogen) atoms. The van der Waals surface area contributed by atoms with Crippen molar-refractivity contribution >= 4 is 20.2 Å². The van der Waals surface area contributed by atoms with Crippen molar-refractivity contribution in [2.24, 2.45) is 17.3 Å². The average Bonchev–Trinajstić information content (AvgIpc) is 2.83. The highest BCUT2D eigenvalue weighted by Crippen LogP contribution is 2.60. The fourth-order valence-electron chi connectivity index (χ4n) is 3.01. The molecule has 0 amide bonds. The second-order valence-electron chi connectivity index (χ2n) is 5.14. The second-order valence-corrected chi connectivity index (χ2v) is 8.51. The Morgan fingerprint density at radius 3 is 1.47 bits per heavy atom. The van der Waals surface area contributed by atoms with Gasteiger partial charge in [0.1, 0.15) is 0 Å². The van der Waals surface area contributed by atoms with E-state index in [-0.39, 0.29) is 42.0 Å². The minimum atomic E-state index is -3.39.